The van der Waals surface area contributed by atoms with Crippen molar-refractivity contribution in [2.75, 3.05) is 13.1 Å². The molecule has 116 valence electrons. The maximum absolute atomic E-state index is 13.4. The predicted octanol–water partition coefficient (Wildman–Crippen LogP) is 2.40. The van der Waals surface area contributed by atoms with Crippen LogP contribution >= 0.6 is 28.3 Å². The number of nitro groups is 1. The Morgan fingerprint density at radius 3 is 2.81 bits per heavy atom. The van der Waals surface area contributed by atoms with Gasteiger partial charge >= 0.3 is 0 Å². The zero-order chi connectivity index (χ0) is 14.7. The summed E-state index contributed by atoms with van der Waals surface area (Å²) in [5.41, 5.74) is -0.529. The van der Waals surface area contributed by atoms with Crippen LogP contribution in [0.2, 0.25) is 0 Å². The Bertz CT molecular complexity index is 553. The van der Waals surface area contributed by atoms with Crippen LogP contribution in [-0.4, -0.2) is 30.0 Å². The molecule has 9 heteroatoms. The van der Waals surface area contributed by atoms with Gasteiger partial charge in [0.15, 0.2) is 0 Å². The third kappa shape index (κ3) is 4.36. The maximum Gasteiger partial charge on any atom is 0.287 e. The standard InChI is InChI=1S/C12H13BrFN3O3.ClH/c13-11-9(4-7(14)5-10(11)17(19)20)12(18)16-8-2-1-3-15-6-8;/h4-5,8,15H,1-3,6H2,(H,16,18);1H/t8-;/m0./s1. The van der Waals surface area contributed by atoms with Gasteiger partial charge in [0.25, 0.3) is 11.6 Å². The molecule has 2 rings (SSSR count). The normalized spacial score (nSPS) is 17.7. The number of carbonyl (C=O) groups excluding carboxylic acids is 1. The summed E-state index contributed by atoms with van der Waals surface area (Å²) in [6.45, 7) is 1.54. The summed E-state index contributed by atoms with van der Waals surface area (Å²) in [5, 5.41) is 16.7. The third-order valence-corrected chi connectivity index (χ3v) is 3.93. The summed E-state index contributed by atoms with van der Waals surface area (Å²) >= 11 is 3.00. The molecule has 0 aromatic heterocycles. The van der Waals surface area contributed by atoms with Crippen LogP contribution in [0.3, 0.4) is 0 Å². The second-order valence-electron chi connectivity index (χ2n) is 4.56. The summed E-state index contributed by atoms with van der Waals surface area (Å²) < 4.78 is 13.4. The summed E-state index contributed by atoms with van der Waals surface area (Å²) in [5.74, 6) is -1.33. The van der Waals surface area contributed by atoms with Gasteiger partial charge in [0.2, 0.25) is 0 Å². The van der Waals surface area contributed by atoms with Crippen LogP contribution in [0, 0.1) is 15.9 Å². The number of nitro benzene ring substituents is 1. The Morgan fingerprint density at radius 1 is 1.52 bits per heavy atom. The molecule has 0 unspecified atom stereocenters. The Morgan fingerprint density at radius 2 is 2.24 bits per heavy atom. The number of halogens is 3. The first-order valence-electron chi connectivity index (χ1n) is 6.14. The van der Waals surface area contributed by atoms with Gasteiger partial charge in [0.1, 0.15) is 10.3 Å². The van der Waals surface area contributed by atoms with Gasteiger partial charge in [0.05, 0.1) is 16.6 Å². The fourth-order valence-corrected chi connectivity index (χ4v) is 2.66. The van der Waals surface area contributed by atoms with E-state index in [1.54, 1.807) is 0 Å². The fourth-order valence-electron chi connectivity index (χ4n) is 2.11. The minimum Gasteiger partial charge on any atom is -0.348 e. The highest BCUT2D eigenvalue weighted by atomic mass is 79.9. The van der Waals surface area contributed by atoms with Gasteiger partial charge in [-0.25, -0.2) is 4.39 Å². The van der Waals surface area contributed by atoms with Crippen molar-refractivity contribution in [2.24, 2.45) is 0 Å². The highest BCUT2D eigenvalue weighted by molar-refractivity contribution is 9.10. The molecule has 1 aliphatic rings. The molecule has 1 aliphatic heterocycles. The van der Waals surface area contributed by atoms with E-state index in [-0.39, 0.29) is 28.5 Å². The molecule has 1 heterocycles. The van der Waals surface area contributed by atoms with Crippen molar-refractivity contribution in [1.29, 1.82) is 0 Å². The molecule has 1 atom stereocenters. The number of hydrogen-bond donors (Lipinski definition) is 2. The molecule has 6 nitrogen and oxygen atoms in total. The average Bonchev–Trinajstić information content (AvgIpc) is 2.41. The molecule has 0 radical (unpaired) electrons. The monoisotopic (exact) mass is 381 g/mol. The number of benzene rings is 1. The number of nitrogens with one attached hydrogen (secondary N) is 2. The molecule has 0 spiro atoms. The van der Waals surface area contributed by atoms with Crippen LogP contribution in [0.1, 0.15) is 23.2 Å². The lowest BCUT2D eigenvalue weighted by molar-refractivity contribution is -0.385. The van der Waals surface area contributed by atoms with E-state index in [9.17, 15) is 19.3 Å². The first-order valence-corrected chi connectivity index (χ1v) is 6.93. The highest BCUT2D eigenvalue weighted by Crippen LogP contribution is 2.29. The average molecular weight is 383 g/mol. The zero-order valence-corrected chi connectivity index (χ0v) is 13.3. The van der Waals surface area contributed by atoms with Crippen molar-refractivity contribution in [3.8, 4) is 0 Å². The highest BCUT2D eigenvalue weighted by Gasteiger charge is 2.24. The number of piperidine rings is 1. The second-order valence-corrected chi connectivity index (χ2v) is 5.35. The van der Waals surface area contributed by atoms with E-state index in [2.05, 4.69) is 26.6 Å². The molecule has 21 heavy (non-hydrogen) atoms. The van der Waals surface area contributed by atoms with Crippen molar-refractivity contribution in [1.82, 2.24) is 10.6 Å². The fraction of sp³-hybridized carbons (Fsp3) is 0.417. The largest absolute Gasteiger partial charge is 0.348 e. The van der Waals surface area contributed by atoms with E-state index in [1.807, 2.05) is 0 Å². The lowest BCUT2D eigenvalue weighted by Gasteiger charge is -2.24. The number of nitrogens with zero attached hydrogens (tertiary/aromatic N) is 1. The van der Waals surface area contributed by atoms with Crippen LogP contribution in [-0.2, 0) is 0 Å². The summed E-state index contributed by atoms with van der Waals surface area (Å²) in [7, 11) is 0. The van der Waals surface area contributed by atoms with Crippen LogP contribution in [0.5, 0.6) is 0 Å². The Kier molecular flexibility index (Phi) is 6.50. The Balaban J connectivity index is 0.00000220. The van der Waals surface area contributed by atoms with Crippen molar-refractivity contribution in [2.45, 2.75) is 18.9 Å². The molecule has 1 fully saturated rings. The zero-order valence-electron chi connectivity index (χ0n) is 10.9. The van der Waals surface area contributed by atoms with E-state index in [1.165, 1.54) is 0 Å². The van der Waals surface area contributed by atoms with Crippen LogP contribution in [0.4, 0.5) is 10.1 Å². The van der Waals surface area contributed by atoms with E-state index in [4.69, 9.17) is 0 Å². The summed E-state index contributed by atoms with van der Waals surface area (Å²) in [6, 6.07) is 1.72. The minimum absolute atomic E-state index is 0. The molecular formula is C12H14BrClFN3O3. The van der Waals surface area contributed by atoms with Gasteiger partial charge in [-0.05, 0) is 41.4 Å². The van der Waals surface area contributed by atoms with E-state index >= 15 is 0 Å². The van der Waals surface area contributed by atoms with Gasteiger partial charge in [-0.3, -0.25) is 14.9 Å². The molecule has 0 saturated carbocycles. The van der Waals surface area contributed by atoms with Crippen molar-refractivity contribution >= 4 is 39.9 Å². The quantitative estimate of drug-likeness (QED) is 0.621. The first kappa shape index (κ1) is 17.8. The predicted molar refractivity (Wildman–Crippen MR) is 81.4 cm³/mol. The van der Waals surface area contributed by atoms with Crippen LogP contribution in [0.15, 0.2) is 16.6 Å². The van der Waals surface area contributed by atoms with Crippen LogP contribution in [0.25, 0.3) is 0 Å². The SMILES string of the molecule is Cl.O=C(N[C@H]1CCCNC1)c1cc(F)cc([N+](=O)[O-])c1Br. The van der Waals surface area contributed by atoms with Crippen molar-refractivity contribution in [3.05, 3.63) is 38.1 Å². The molecule has 1 saturated heterocycles. The van der Waals surface area contributed by atoms with Gasteiger partial charge in [0, 0.05) is 12.6 Å². The number of hydrogen-bond acceptors (Lipinski definition) is 4. The number of rotatable bonds is 3. The lowest BCUT2D eigenvalue weighted by Crippen LogP contribution is -2.45. The second kappa shape index (κ2) is 7.67. The Labute approximate surface area is 135 Å². The minimum atomic E-state index is -0.813. The van der Waals surface area contributed by atoms with Gasteiger partial charge in [-0.15, -0.1) is 12.4 Å². The van der Waals surface area contributed by atoms with E-state index < -0.39 is 22.3 Å². The lowest BCUT2D eigenvalue weighted by atomic mass is 10.1. The topological polar surface area (TPSA) is 84.3 Å². The maximum atomic E-state index is 13.4. The molecular weight excluding hydrogens is 369 g/mol. The molecule has 1 aromatic carbocycles. The van der Waals surface area contributed by atoms with Gasteiger partial charge < -0.3 is 10.6 Å². The molecule has 0 aliphatic carbocycles. The van der Waals surface area contributed by atoms with Gasteiger partial charge in [-0.2, -0.15) is 0 Å². The third-order valence-electron chi connectivity index (χ3n) is 3.09. The Hall–Kier alpha value is -1.25. The number of carbonyl (C=O) groups is 1. The van der Waals surface area contributed by atoms with E-state index in [0.29, 0.717) is 6.54 Å². The first-order chi connectivity index (χ1) is 9.49. The molecule has 0 bridgehead atoms. The molecule has 2 N–H and O–H groups in total. The molecule has 1 aromatic rings. The molecule has 1 amide bonds. The summed E-state index contributed by atoms with van der Waals surface area (Å²) in [6.07, 6.45) is 1.77. The van der Waals surface area contributed by atoms with Crippen molar-refractivity contribution in [3.63, 3.8) is 0 Å². The summed E-state index contributed by atoms with van der Waals surface area (Å²) in [4.78, 5) is 22.2. The van der Waals surface area contributed by atoms with Gasteiger partial charge in [-0.1, -0.05) is 0 Å². The number of amides is 1. The smallest absolute Gasteiger partial charge is 0.287 e. The van der Waals surface area contributed by atoms with Crippen molar-refractivity contribution < 1.29 is 14.1 Å². The van der Waals surface area contributed by atoms with E-state index in [0.717, 1.165) is 31.5 Å². The van der Waals surface area contributed by atoms with Crippen LogP contribution < -0.4 is 10.6 Å².